The molecule has 2 aromatic rings. The second-order valence-electron chi connectivity index (χ2n) is 7.72. The number of nitrogens with two attached hydrogens (primary N) is 1. The maximum atomic E-state index is 14.9. The lowest BCUT2D eigenvalue weighted by molar-refractivity contribution is -0.119. The predicted molar refractivity (Wildman–Crippen MR) is 120 cm³/mol. The molecule has 0 bridgehead atoms. The van der Waals surface area contributed by atoms with Crippen LogP contribution in [0.3, 0.4) is 0 Å². The van der Waals surface area contributed by atoms with Gasteiger partial charge >= 0.3 is 0 Å². The molecule has 2 aliphatic rings. The first-order chi connectivity index (χ1) is 14.2. The van der Waals surface area contributed by atoms with E-state index in [4.69, 9.17) is 5.73 Å². The number of pyridine rings is 1. The van der Waals surface area contributed by atoms with E-state index in [1.807, 2.05) is 6.92 Å². The van der Waals surface area contributed by atoms with E-state index < -0.39 is 21.9 Å². The average molecular weight is 492 g/mol. The Kier molecular flexibility index (Phi) is 5.34. The molecule has 0 spiro atoms. The van der Waals surface area contributed by atoms with Crippen LogP contribution >= 0.6 is 27.7 Å². The molecule has 1 fully saturated rings. The van der Waals surface area contributed by atoms with Gasteiger partial charge in [0.15, 0.2) is 5.17 Å². The summed E-state index contributed by atoms with van der Waals surface area (Å²) in [6.07, 6.45) is 3.81. The Hall–Kier alpha value is -2.06. The Balaban J connectivity index is 1.73. The molecular weight excluding hydrogens is 472 g/mol. The third kappa shape index (κ3) is 3.50. The first kappa shape index (κ1) is 21.2. The SMILES string of the molecule is CCC(=O)[C@]12C[C@H]1[C@@](C)(c1cc(/C=C(\F)c3ccc(Br)cn3)ccc1F)N=C(N)S2. The quantitative estimate of drug-likeness (QED) is 0.602. The number of amidine groups is 1. The van der Waals surface area contributed by atoms with E-state index in [0.717, 1.165) is 4.47 Å². The van der Waals surface area contributed by atoms with Crippen molar-refractivity contribution in [1.29, 1.82) is 0 Å². The van der Waals surface area contributed by atoms with Gasteiger partial charge in [0.1, 0.15) is 17.4 Å². The van der Waals surface area contributed by atoms with Crippen molar-refractivity contribution in [2.45, 2.75) is 37.0 Å². The van der Waals surface area contributed by atoms with Crippen LogP contribution in [0, 0.1) is 11.7 Å². The lowest BCUT2D eigenvalue weighted by atomic mass is 9.84. The molecule has 3 atom stereocenters. The topological polar surface area (TPSA) is 68.3 Å². The van der Waals surface area contributed by atoms with Crippen LogP contribution in [-0.2, 0) is 10.3 Å². The number of halogens is 3. The molecule has 0 radical (unpaired) electrons. The summed E-state index contributed by atoms with van der Waals surface area (Å²) in [5, 5.41) is 0.277. The van der Waals surface area contributed by atoms with Crippen LogP contribution in [0.5, 0.6) is 0 Å². The maximum absolute atomic E-state index is 14.9. The van der Waals surface area contributed by atoms with E-state index in [9.17, 15) is 13.6 Å². The molecule has 156 valence electrons. The van der Waals surface area contributed by atoms with Gasteiger partial charge in [0, 0.05) is 28.6 Å². The lowest BCUT2D eigenvalue weighted by Crippen LogP contribution is -2.39. The third-order valence-corrected chi connectivity index (χ3v) is 7.62. The van der Waals surface area contributed by atoms with Crippen molar-refractivity contribution in [2.75, 3.05) is 0 Å². The number of nitrogens with zero attached hydrogens (tertiary/aromatic N) is 2. The molecule has 2 N–H and O–H groups in total. The van der Waals surface area contributed by atoms with Crippen LogP contribution in [0.15, 0.2) is 46.0 Å². The van der Waals surface area contributed by atoms with Crippen LogP contribution in [0.4, 0.5) is 8.78 Å². The minimum absolute atomic E-state index is 0.102. The van der Waals surface area contributed by atoms with Crippen molar-refractivity contribution >= 4 is 50.5 Å². The zero-order valence-corrected chi connectivity index (χ0v) is 18.9. The number of Topliss-reactive ketones (excluding diaryl/α,β-unsaturated/α-hetero) is 1. The number of ketones is 1. The number of carbonyl (C=O) groups excluding carboxylic acids is 1. The minimum Gasteiger partial charge on any atom is -0.378 e. The molecule has 1 aliphatic heterocycles. The highest BCUT2D eigenvalue weighted by Gasteiger charge is 2.69. The number of benzene rings is 1. The summed E-state index contributed by atoms with van der Waals surface area (Å²) in [6, 6.07) is 7.64. The number of carbonyl (C=O) groups is 1. The standard InChI is InChI=1S/C22H20BrF2N3OS/c1-3-19(29)22-10-18(22)21(2,28-20(26)30-22)14-8-12(4-6-15(14)24)9-16(25)17-7-5-13(23)11-27-17/h4-9,11,18H,3,10H2,1-2H3,(H2,26,28)/b16-9-/t18-,21+,22-/m0/s1. The van der Waals surface area contributed by atoms with Crippen molar-refractivity contribution in [3.63, 3.8) is 0 Å². The Labute approximate surface area is 186 Å². The summed E-state index contributed by atoms with van der Waals surface area (Å²) in [5.41, 5.74) is 6.04. The Morgan fingerprint density at radius 1 is 1.40 bits per heavy atom. The Bertz CT molecular complexity index is 1090. The van der Waals surface area contributed by atoms with E-state index >= 15 is 0 Å². The number of fused-ring (bicyclic) bond motifs is 1. The van der Waals surface area contributed by atoms with E-state index in [1.165, 1.54) is 36.2 Å². The van der Waals surface area contributed by atoms with Crippen LogP contribution in [0.25, 0.3) is 11.9 Å². The maximum Gasteiger partial charge on any atom is 0.155 e. The molecule has 4 nitrogen and oxygen atoms in total. The third-order valence-electron chi connectivity index (χ3n) is 5.81. The number of aromatic nitrogens is 1. The first-order valence-electron chi connectivity index (χ1n) is 9.56. The fraction of sp³-hybridized carbons (Fsp3) is 0.318. The van der Waals surface area contributed by atoms with Gasteiger partial charge in [-0.05, 0) is 65.2 Å². The molecule has 1 aromatic carbocycles. The Morgan fingerprint density at radius 3 is 2.83 bits per heavy atom. The van der Waals surface area contributed by atoms with Crippen molar-refractivity contribution < 1.29 is 13.6 Å². The lowest BCUT2D eigenvalue weighted by Gasteiger charge is -2.33. The monoisotopic (exact) mass is 491 g/mol. The number of rotatable bonds is 5. The summed E-state index contributed by atoms with van der Waals surface area (Å²) >= 11 is 4.55. The van der Waals surface area contributed by atoms with Crippen LogP contribution in [-0.4, -0.2) is 20.7 Å². The largest absolute Gasteiger partial charge is 0.378 e. The summed E-state index contributed by atoms with van der Waals surface area (Å²) < 4.78 is 29.7. The molecule has 30 heavy (non-hydrogen) atoms. The number of hydrogen-bond acceptors (Lipinski definition) is 5. The van der Waals surface area contributed by atoms with Gasteiger partial charge in [0.2, 0.25) is 0 Å². The molecule has 2 heterocycles. The van der Waals surface area contributed by atoms with Gasteiger partial charge in [-0.25, -0.2) is 8.78 Å². The fourth-order valence-electron chi connectivity index (χ4n) is 4.20. The molecule has 4 rings (SSSR count). The minimum atomic E-state index is -0.986. The average Bonchev–Trinajstić information content (AvgIpc) is 3.45. The second kappa shape index (κ2) is 7.57. The number of thioether (sulfide) groups is 1. The van der Waals surface area contributed by atoms with E-state index in [2.05, 4.69) is 25.9 Å². The molecule has 0 unspecified atom stereocenters. The molecule has 0 amide bonds. The van der Waals surface area contributed by atoms with Gasteiger partial charge in [-0.2, -0.15) is 0 Å². The van der Waals surface area contributed by atoms with Crippen molar-refractivity contribution in [3.05, 3.63) is 63.6 Å². The van der Waals surface area contributed by atoms with Gasteiger partial charge in [0.05, 0.1) is 16.0 Å². The molecule has 1 aliphatic carbocycles. The molecule has 8 heteroatoms. The summed E-state index contributed by atoms with van der Waals surface area (Å²) in [6.45, 7) is 3.62. The van der Waals surface area contributed by atoms with Gasteiger partial charge in [-0.1, -0.05) is 24.8 Å². The van der Waals surface area contributed by atoms with E-state index in [1.54, 1.807) is 25.1 Å². The van der Waals surface area contributed by atoms with Gasteiger partial charge in [0.25, 0.3) is 0 Å². The molecule has 0 saturated heterocycles. The molecular formula is C22H20BrF2N3OS. The van der Waals surface area contributed by atoms with Gasteiger partial charge in [-0.3, -0.25) is 14.8 Å². The summed E-state index contributed by atoms with van der Waals surface area (Å²) in [5.74, 6) is -1.04. The zero-order chi connectivity index (χ0) is 21.7. The van der Waals surface area contributed by atoms with Gasteiger partial charge in [-0.15, -0.1) is 0 Å². The van der Waals surface area contributed by atoms with Crippen LogP contribution < -0.4 is 5.73 Å². The zero-order valence-electron chi connectivity index (χ0n) is 16.5. The first-order valence-corrected chi connectivity index (χ1v) is 11.2. The number of aliphatic imine (C=N–C) groups is 1. The van der Waals surface area contributed by atoms with Crippen LogP contribution in [0.2, 0.25) is 0 Å². The highest BCUT2D eigenvalue weighted by molar-refractivity contribution is 9.10. The summed E-state index contributed by atoms with van der Waals surface area (Å²) in [4.78, 5) is 21.2. The van der Waals surface area contributed by atoms with Crippen LogP contribution in [0.1, 0.15) is 43.5 Å². The van der Waals surface area contributed by atoms with E-state index in [0.29, 0.717) is 24.0 Å². The van der Waals surface area contributed by atoms with Gasteiger partial charge < -0.3 is 5.73 Å². The van der Waals surface area contributed by atoms with Crippen molar-refractivity contribution in [1.82, 2.24) is 4.98 Å². The smallest absolute Gasteiger partial charge is 0.155 e. The summed E-state index contributed by atoms with van der Waals surface area (Å²) in [7, 11) is 0. The predicted octanol–water partition coefficient (Wildman–Crippen LogP) is 5.47. The van der Waals surface area contributed by atoms with Crippen molar-refractivity contribution in [2.24, 2.45) is 16.6 Å². The van der Waals surface area contributed by atoms with Crippen molar-refractivity contribution in [3.8, 4) is 0 Å². The van der Waals surface area contributed by atoms with E-state index in [-0.39, 0.29) is 22.6 Å². The molecule has 1 aromatic heterocycles. The normalized spacial score (nSPS) is 28.0. The Morgan fingerprint density at radius 2 is 2.17 bits per heavy atom. The fourth-order valence-corrected chi connectivity index (χ4v) is 5.92. The molecule has 1 saturated carbocycles. The number of hydrogen-bond donors (Lipinski definition) is 1. The highest BCUT2D eigenvalue weighted by Crippen LogP contribution is 2.66. The second-order valence-corrected chi connectivity index (χ2v) is 9.98. The highest BCUT2D eigenvalue weighted by atomic mass is 79.9.